The van der Waals surface area contributed by atoms with Crippen LogP contribution >= 0.6 is 22.9 Å². The van der Waals surface area contributed by atoms with Crippen LogP contribution in [-0.2, 0) is 0 Å². The lowest BCUT2D eigenvalue weighted by atomic mass is 10.2. The lowest BCUT2D eigenvalue weighted by molar-refractivity contribution is 0.103. The monoisotopic (exact) mass is 305 g/mol. The summed E-state index contributed by atoms with van der Waals surface area (Å²) in [6.45, 7) is 3.67. The smallest absolute Gasteiger partial charge is 0.269 e. The first-order chi connectivity index (χ1) is 9.54. The van der Waals surface area contributed by atoms with E-state index in [1.165, 1.54) is 11.3 Å². The number of nitrogens with one attached hydrogen (secondary N) is 1. The Balaban J connectivity index is 1.97. The van der Waals surface area contributed by atoms with Gasteiger partial charge in [-0.2, -0.15) is 4.37 Å². The van der Waals surface area contributed by atoms with Crippen molar-refractivity contribution in [3.05, 3.63) is 28.5 Å². The van der Waals surface area contributed by atoms with Crippen molar-refractivity contribution in [2.24, 2.45) is 0 Å². The van der Waals surface area contributed by atoms with Crippen LogP contribution < -0.4 is 11.1 Å². The summed E-state index contributed by atoms with van der Waals surface area (Å²) >= 11 is 2.42. The molecule has 0 spiro atoms. The number of hydrogen-bond donors (Lipinski definition) is 2. The maximum absolute atomic E-state index is 12.2. The highest BCUT2D eigenvalue weighted by Crippen LogP contribution is 2.33. The largest absolute Gasteiger partial charge is 0.397 e. The zero-order valence-corrected chi connectivity index (χ0v) is 12.4. The molecule has 3 rings (SSSR count). The molecule has 0 radical (unpaired) electrons. The number of carbonyl (C=O) groups is 1. The van der Waals surface area contributed by atoms with E-state index in [1.54, 1.807) is 6.92 Å². The van der Waals surface area contributed by atoms with Gasteiger partial charge in [-0.3, -0.25) is 10.1 Å². The molecule has 8 heteroatoms. The first-order valence-corrected chi connectivity index (χ1v) is 7.41. The van der Waals surface area contributed by atoms with E-state index in [2.05, 4.69) is 19.7 Å². The third-order valence-electron chi connectivity index (χ3n) is 2.69. The van der Waals surface area contributed by atoms with Crippen LogP contribution in [0.2, 0.25) is 0 Å². The Bertz CT molecular complexity index is 807. The SMILES string of the molecule is Cc1ccc2c(N)c(C(=O)Nc3nc(C)ns3)sc2n1. The molecule has 20 heavy (non-hydrogen) atoms. The number of rotatable bonds is 2. The van der Waals surface area contributed by atoms with Crippen LogP contribution in [0.25, 0.3) is 10.2 Å². The maximum Gasteiger partial charge on any atom is 0.269 e. The van der Waals surface area contributed by atoms with Gasteiger partial charge in [-0.1, -0.05) is 0 Å². The van der Waals surface area contributed by atoms with Crippen molar-refractivity contribution in [2.45, 2.75) is 13.8 Å². The predicted octanol–water partition coefficient (Wildman–Crippen LogP) is 2.60. The van der Waals surface area contributed by atoms with Gasteiger partial charge < -0.3 is 5.73 Å². The maximum atomic E-state index is 12.2. The number of nitrogens with two attached hydrogens (primary N) is 1. The average Bonchev–Trinajstić information content (AvgIpc) is 2.94. The molecule has 6 nitrogen and oxygen atoms in total. The molecule has 0 unspecified atom stereocenters. The molecule has 3 N–H and O–H groups in total. The van der Waals surface area contributed by atoms with Gasteiger partial charge >= 0.3 is 0 Å². The van der Waals surface area contributed by atoms with Gasteiger partial charge in [0, 0.05) is 22.6 Å². The number of fused-ring (bicyclic) bond motifs is 1. The van der Waals surface area contributed by atoms with Crippen molar-refractivity contribution in [1.82, 2.24) is 14.3 Å². The predicted molar refractivity (Wildman–Crippen MR) is 81.4 cm³/mol. The van der Waals surface area contributed by atoms with Crippen molar-refractivity contribution >= 4 is 49.8 Å². The second-order valence-corrected chi connectivity index (χ2v) is 6.00. The summed E-state index contributed by atoms with van der Waals surface area (Å²) in [6.07, 6.45) is 0. The Labute approximate surface area is 122 Å². The molecule has 102 valence electrons. The van der Waals surface area contributed by atoms with E-state index in [-0.39, 0.29) is 5.91 Å². The number of aromatic nitrogens is 3. The molecule has 0 aliphatic carbocycles. The van der Waals surface area contributed by atoms with Crippen molar-refractivity contribution in [2.75, 3.05) is 11.1 Å². The molecule has 3 heterocycles. The number of anilines is 2. The minimum atomic E-state index is -0.278. The van der Waals surface area contributed by atoms with E-state index < -0.39 is 0 Å². The van der Waals surface area contributed by atoms with E-state index in [0.29, 0.717) is 21.5 Å². The van der Waals surface area contributed by atoms with Crippen LogP contribution in [0, 0.1) is 13.8 Å². The van der Waals surface area contributed by atoms with Gasteiger partial charge in [0.25, 0.3) is 5.91 Å². The van der Waals surface area contributed by atoms with Crippen LogP contribution in [-0.4, -0.2) is 20.2 Å². The Morgan fingerprint density at radius 2 is 2.10 bits per heavy atom. The van der Waals surface area contributed by atoms with Gasteiger partial charge in [-0.25, -0.2) is 9.97 Å². The number of thiophene rings is 1. The van der Waals surface area contributed by atoms with E-state index in [0.717, 1.165) is 27.4 Å². The highest BCUT2D eigenvalue weighted by Gasteiger charge is 2.18. The third-order valence-corrected chi connectivity index (χ3v) is 4.52. The van der Waals surface area contributed by atoms with Crippen molar-refractivity contribution in [3.8, 4) is 0 Å². The third kappa shape index (κ3) is 2.23. The zero-order valence-electron chi connectivity index (χ0n) is 10.8. The summed E-state index contributed by atoms with van der Waals surface area (Å²) in [5, 5.41) is 3.98. The van der Waals surface area contributed by atoms with E-state index >= 15 is 0 Å². The first kappa shape index (κ1) is 12.9. The average molecular weight is 305 g/mol. The number of carbonyl (C=O) groups excluding carboxylic acids is 1. The fourth-order valence-corrected chi connectivity index (χ4v) is 3.37. The molecule has 0 saturated heterocycles. The minimum absolute atomic E-state index is 0.278. The lowest BCUT2D eigenvalue weighted by Gasteiger charge is -1.99. The van der Waals surface area contributed by atoms with Crippen LogP contribution in [0.15, 0.2) is 12.1 Å². The minimum Gasteiger partial charge on any atom is -0.397 e. The number of nitrogen functional groups attached to an aromatic ring is 1. The number of amides is 1. The number of aryl methyl sites for hydroxylation is 2. The molecule has 0 aromatic carbocycles. The highest BCUT2D eigenvalue weighted by molar-refractivity contribution is 7.21. The Morgan fingerprint density at radius 1 is 1.30 bits per heavy atom. The summed E-state index contributed by atoms with van der Waals surface area (Å²) in [7, 11) is 0. The summed E-state index contributed by atoms with van der Waals surface area (Å²) in [4.78, 5) is 21.9. The van der Waals surface area contributed by atoms with Gasteiger partial charge in [0.1, 0.15) is 15.5 Å². The highest BCUT2D eigenvalue weighted by atomic mass is 32.1. The van der Waals surface area contributed by atoms with Crippen LogP contribution in [0.5, 0.6) is 0 Å². The van der Waals surface area contributed by atoms with Crippen LogP contribution in [0.4, 0.5) is 10.8 Å². The second kappa shape index (κ2) is 4.80. The molecule has 0 fully saturated rings. The van der Waals surface area contributed by atoms with Gasteiger partial charge in [-0.15, -0.1) is 11.3 Å². The fraction of sp³-hybridized carbons (Fsp3) is 0.167. The molecule has 0 atom stereocenters. The molecule has 3 aromatic rings. The zero-order chi connectivity index (χ0) is 14.3. The van der Waals surface area contributed by atoms with E-state index in [9.17, 15) is 4.79 Å². The van der Waals surface area contributed by atoms with E-state index in [4.69, 9.17) is 5.73 Å². The Kier molecular flexibility index (Phi) is 3.11. The quantitative estimate of drug-likeness (QED) is 0.759. The molecule has 3 aromatic heterocycles. The molecule has 1 amide bonds. The number of pyridine rings is 1. The number of hydrogen-bond acceptors (Lipinski definition) is 7. The standard InChI is InChI=1S/C12H11N5OS2/c1-5-3-4-7-8(13)9(19-11(7)14-5)10(18)16-12-15-6(2)17-20-12/h3-4H,13H2,1-2H3,(H,15,16,17,18). The van der Waals surface area contributed by atoms with Gasteiger partial charge in [-0.05, 0) is 26.0 Å². The summed E-state index contributed by atoms with van der Waals surface area (Å²) in [5.41, 5.74) is 7.37. The summed E-state index contributed by atoms with van der Waals surface area (Å²) < 4.78 is 4.02. The molecule has 0 aliphatic rings. The molecule has 0 bridgehead atoms. The van der Waals surface area contributed by atoms with Gasteiger partial charge in [0.05, 0.1) is 5.69 Å². The fourth-order valence-electron chi connectivity index (χ4n) is 1.76. The van der Waals surface area contributed by atoms with E-state index in [1.807, 2.05) is 19.1 Å². The topological polar surface area (TPSA) is 93.8 Å². The number of nitrogens with zero attached hydrogens (tertiary/aromatic N) is 3. The Morgan fingerprint density at radius 3 is 2.80 bits per heavy atom. The second-order valence-electron chi connectivity index (χ2n) is 4.25. The molecular weight excluding hydrogens is 294 g/mol. The first-order valence-electron chi connectivity index (χ1n) is 5.82. The van der Waals surface area contributed by atoms with Crippen LogP contribution in [0.1, 0.15) is 21.2 Å². The van der Waals surface area contributed by atoms with Crippen LogP contribution in [0.3, 0.4) is 0 Å². The normalized spacial score (nSPS) is 10.9. The Hall–Kier alpha value is -2.06. The van der Waals surface area contributed by atoms with Gasteiger partial charge in [0.2, 0.25) is 5.13 Å². The summed E-state index contributed by atoms with van der Waals surface area (Å²) in [5.74, 6) is 0.353. The molecule has 0 aliphatic heterocycles. The summed E-state index contributed by atoms with van der Waals surface area (Å²) in [6, 6.07) is 3.76. The van der Waals surface area contributed by atoms with Crippen molar-refractivity contribution < 1.29 is 4.79 Å². The van der Waals surface area contributed by atoms with Gasteiger partial charge in [0.15, 0.2) is 0 Å². The molecular formula is C12H11N5OS2. The molecule has 0 saturated carbocycles. The van der Waals surface area contributed by atoms with Crippen molar-refractivity contribution in [1.29, 1.82) is 0 Å². The van der Waals surface area contributed by atoms with Crippen molar-refractivity contribution in [3.63, 3.8) is 0 Å². The lowest BCUT2D eigenvalue weighted by Crippen LogP contribution is -2.11.